The number of esters is 1. The summed E-state index contributed by atoms with van der Waals surface area (Å²) in [6.45, 7) is 15.8. The van der Waals surface area contributed by atoms with Crippen molar-refractivity contribution in [3.05, 3.63) is 0 Å². The molecule has 0 radical (unpaired) electrons. The lowest BCUT2D eigenvalue weighted by Gasteiger charge is -2.45. The second-order valence-corrected chi connectivity index (χ2v) is 22.8. The van der Waals surface area contributed by atoms with Gasteiger partial charge in [0.25, 0.3) is 6.47 Å². The highest BCUT2D eigenvalue weighted by Gasteiger charge is 2.43. The van der Waals surface area contributed by atoms with Gasteiger partial charge in [-0.25, -0.2) is 0 Å². The molecule has 0 bridgehead atoms. The summed E-state index contributed by atoms with van der Waals surface area (Å²) in [7, 11) is -1.68. The van der Waals surface area contributed by atoms with Crippen molar-refractivity contribution in [2.45, 2.75) is 173 Å². The summed E-state index contributed by atoms with van der Waals surface area (Å²) in [5, 5.41) is 0.0408. The van der Waals surface area contributed by atoms with Crippen LogP contribution in [0.4, 0.5) is 0 Å². The summed E-state index contributed by atoms with van der Waals surface area (Å²) >= 11 is 0. The van der Waals surface area contributed by atoms with E-state index in [1.807, 2.05) is 0 Å². The molecule has 0 spiro atoms. The molecule has 0 aromatic heterocycles. The van der Waals surface area contributed by atoms with Crippen LogP contribution in [-0.4, -0.2) is 47.8 Å². The minimum atomic E-state index is -1.66. The van der Waals surface area contributed by atoms with Gasteiger partial charge in [0.15, 0.2) is 8.32 Å². The van der Waals surface area contributed by atoms with Gasteiger partial charge in [-0.05, 0) is 45.8 Å². The molecule has 0 aliphatic heterocycles. The predicted molar refractivity (Wildman–Crippen MR) is 167 cm³/mol. The first-order chi connectivity index (χ1) is 18.0. The van der Waals surface area contributed by atoms with E-state index in [0.29, 0.717) is 19.5 Å². The third-order valence-electron chi connectivity index (χ3n) is 8.43. The molecule has 0 atom stereocenters. The van der Waals surface area contributed by atoms with Crippen molar-refractivity contribution in [1.82, 2.24) is 0 Å². The van der Waals surface area contributed by atoms with Gasteiger partial charge in [0.05, 0.1) is 21.8 Å². The van der Waals surface area contributed by atoms with Crippen LogP contribution in [0.5, 0.6) is 0 Å². The minimum Gasteiger partial charge on any atom is -0.469 e. The third-order valence-corrected chi connectivity index (χ3v) is 16.2. The number of unbranched alkanes of at least 4 members (excludes halogenated alkanes) is 15. The van der Waals surface area contributed by atoms with Gasteiger partial charge >= 0.3 is 5.97 Å². The molecule has 0 heterocycles. The first-order valence-electron chi connectivity index (χ1n) is 15.8. The summed E-state index contributed by atoms with van der Waals surface area (Å²) in [5.74, 6) is -0.0796. The summed E-state index contributed by atoms with van der Waals surface area (Å²) in [5.41, 5.74) is 0. The fourth-order valence-corrected chi connectivity index (χ4v) is 11.5. The maximum Gasteiger partial charge on any atom is 0.305 e. The quantitative estimate of drug-likeness (QED) is 0.0424. The average Bonchev–Trinajstić information content (AvgIpc) is 2.84. The highest BCUT2D eigenvalue weighted by atomic mass is 28.4. The molecular weight excluding hydrogens is 509 g/mol. The van der Waals surface area contributed by atoms with Gasteiger partial charge in [0.1, 0.15) is 0 Å². The minimum absolute atomic E-state index is 0.0408. The maximum atomic E-state index is 11.1. The Morgan fingerprint density at radius 1 is 0.658 bits per heavy atom. The van der Waals surface area contributed by atoms with Crippen molar-refractivity contribution < 1.29 is 23.5 Å². The van der Waals surface area contributed by atoms with Gasteiger partial charge in [-0.1, -0.05) is 115 Å². The molecule has 0 saturated heterocycles. The monoisotopic (exact) mass is 572 g/mol. The van der Waals surface area contributed by atoms with E-state index >= 15 is 0 Å². The molecule has 0 N–H and O–H groups in total. The molecule has 0 rings (SSSR count). The van der Waals surface area contributed by atoms with Gasteiger partial charge < -0.3 is 13.9 Å². The normalized spacial score (nSPS) is 12.5. The summed E-state index contributed by atoms with van der Waals surface area (Å²) in [4.78, 5) is 21.3. The summed E-state index contributed by atoms with van der Waals surface area (Å²) in [6, 6.07) is 2.63. The molecule has 0 aromatic carbocycles. The van der Waals surface area contributed by atoms with E-state index in [1.54, 1.807) is 0 Å². The number of carbonyl (C=O) groups is 2. The molecule has 0 aliphatic rings. The molecule has 0 aromatic rings. The molecule has 5 nitrogen and oxygen atoms in total. The molecule has 226 valence electrons. The van der Waals surface area contributed by atoms with Crippen LogP contribution >= 0.6 is 0 Å². The zero-order valence-corrected chi connectivity index (χ0v) is 28.5. The largest absolute Gasteiger partial charge is 0.469 e. The Labute approximate surface area is 238 Å². The highest BCUT2D eigenvalue weighted by Crippen LogP contribution is 2.34. The predicted octanol–water partition coefficient (Wildman–Crippen LogP) is 9.60. The van der Waals surface area contributed by atoms with Crippen LogP contribution in [0.25, 0.3) is 0 Å². The van der Waals surface area contributed by atoms with Gasteiger partial charge in [-0.15, -0.1) is 0 Å². The maximum absolute atomic E-state index is 11.1. The number of hydrogen-bond acceptors (Lipinski definition) is 5. The molecule has 7 heteroatoms. The number of carbonyl (C=O) groups excluding carboxylic acids is 2. The molecule has 0 saturated carbocycles. The lowest BCUT2D eigenvalue weighted by Crippen LogP contribution is -2.56. The fourth-order valence-electron chi connectivity index (χ4n) is 5.20. The Morgan fingerprint density at radius 2 is 1.08 bits per heavy atom. The summed E-state index contributed by atoms with van der Waals surface area (Å²) < 4.78 is 16.4. The van der Waals surface area contributed by atoms with Crippen molar-refractivity contribution in [2.24, 2.45) is 0 Å². The summed E-state index contributed by atoms with van der Waals surface area (Å²) in [6.07, 6.45) is 21.9. The first-order valence-corrected chi connectivity index (χ1v) is 22.1. The molecule has 0 amide bonds. The lowest BCUT2D eigenvalue weighted by atomic mass is 10.1. The van der Waals surface area contributed by atoms with Gasteiger partial charge in [-0.2, -0.15) is 0 Å². The van der Waals surface area contributed by atoms with E-state index in [9.17, 15) is 9.59 Å². The Bertz CT molecular complexity index is 593. The number of rotatable bonds is 27. The van der Waals surface area contributed by atoms with Crippen molar-refractivity contribution in [1.29, 1.82) is 0 Å². The molecule has 38 heavy (non-hydrogen) atoms. The second-order valence-electron chi connectivity index (χ2n) is 13.1. The van der Waals surface area contributed by atoms with Gasteiger partial charge in [0, 0.05) is 11.6 Å². The van der Waals surface area contributed by atoms with Crippen LogP contribution in [0.2, 0.25) is 38.3 Å². The number of hydrogen-bond donors (Lipinski definition) is 0. The number of methoxy groups -OCH3 is 1. The van der Waals surface area contributed by atoms with Crippen LogP contribution < -0.4 is 0 Å². The second kappa shape index (κ2) is 22.1. The Morgan fingerprint density at radius 3 is 1.55 bits per heavy atom. The first kappa shape index (κ1) is 37.3. The van der Waals surface area contributed by atoms with Gasteiger partial charge in [0.2, 0.25) is 0 Å². The molecular formula is C31H64O5Si2. The fraction of sp³-hybridized carbons (Fsp3) is 0.935. The van der Waals surface area contributed by atoms with Crippen LogP contribution in [0.15, 0.2) is 0 Å². The van der Waals surface area contributed by atoms with Gasteiger partial charge in [-0.3, -0.25) is 9.59 Å². The van der Waals surface area contributed by atoms with E-state index in [-0.39, 0.29) is 11.2 Å². The van der Waals surface area contributed by atoms with E-state index in [1.165, 1.54) is 109 Å². The van der Waals surface area contributed by atoms with Crippen LogP contribution in [0.3, 0.4) is 0 Å². The Balaban J connectivity index is 3.95. The van der Waals surface area contributed by atoms with E-state index < -0.39 is 16.4 Å². The van der Waals surface area contributed by atoms with Crippen LogP contribution in [0.1, 0.15) is 129 Å². The van der Waals surface area contributed by atoms with E-state index in [0.717, 1.165) is 19.3 Å². The average molecular weight is 573 g/mol. The smallest absolute Gasteiger partial charge is 0.305 e. The van der Waals surface area contributed by atoms with E-state index in [4.69, 9.17) is 13.9 Å². The van der Waals surface area contributed by atoms with Crippen molar-refractivity contribution in [3.63, 3.8) is 0 Å². The van der Waals surface area contributed by atoms with Crippen molar-refractivity contribution >= 4 is 28.8 Å². The van der Waals surface area contributed by atoms with E-state index in [2.05, 4.69) is 40.0 Å². The Kier molecular flexibility index (Phi) is 21.7. The van der Waals surface area contributed by atoms with Crippen molar-refractivity contribution in [3.8, 4) is 0 Å². The SMILES string of the molecule is COC(=O)CCCCCCCCCC[Si](C)(C)C(C)(C)O[Si](C)(C)CCCCCCCCCCCOC=O. The zero-order valence-electron chi connectivity index (χ0n) is 26.5. The Hall–Kier alpha value is -0.666. The molecule has 0 fully saturated rings. The van der Waals surface area contributed by atoms with Crippen LogP contribution in [0, 0.1) is 0 Å². The standard InChI is InChI=1S/C31H64O5Si2/c1-31(2,37(4,5)27-23-19-15-12-9-13-17-21-25-30(33)34-3)36-38(6,7)28-24-20-16-11-8-10-14-18-22-26-35-29-32/h29H,8-28H2,1-7H3. The van der Waals surface area contributed by atoms with Crippen LogP contribution in [-0.2, 0) is 23.5 Å². The number of ether oxygens (including phenoxy) is 2. The molecule has 0 aliphatic carbocycles. The molecule has 0 unspecified atom stereocenters. The zero-order chi connectivity index (χ0) is 28.8. The lowest BCUT2D eigenvalue weighted by molar-refractivity contribution is -0.140. The third kappa shape index (κ3) is 20.3. The van der Waals surface area contributed by atoms with Crippen molar-refractivity contribution in [2.75, 3.05) is 13.7 Å². The highest BCUT2D eigenvalue weighted by molar-refractivity contribution is 6.81. The topological polar surface area (TPSA) is 61.8 Å².